The summed E-state index contributed by atoms with van der Waals surface area (Å²) in [6.07, 6.45) is 0. The average molecular weight is 216 g/mol. The molecule has 0 atom stereocenters. The Hall–Kier alpha value is -1.47. The molecule has 1 nitrogen and oxygen atoms in total. The van der Waals surface area contributed by atoms with Gasteiger partial charge in [-0.1, -0.05) is 29.8 Å². The van der Waals surface area contributed by atoms with E-state index in [0.29, 0.717) is 0 Å². The van der Waals surface area contributed by atoms with Gasteiger partial charge in [0.15, 0.2) is 0 Å². The molecule has 0 fully saturated rings. The maximum absolute atomic E-state index is 6.20. The van der Waals surface area contributed by atoms with E-state index < -0.39 is 0 Å². The summed E-state index contributed by atoms with van der Waals surface area (Å²) in [7, 11) is 0. The van der Waals surface area contributed by atoms with E-state index in [-0.39, 0.29) is 0 Å². The lowest BCUT2D eigenvalue weighted by Crippen LogP contribution is -1.71. The molecule has 0 aliphatic carbocycles. The maximum Gasteiger partial charge on any atom is 0.0506 e. The van der Waals surface area contributed by atoms with Crippen LogP contribution in [-0.4, -0.2) is 4.98 Å². The van der Waals surface area contributed by atoms with E-state index in [2.05, 4.69) is 36.2 Å². The second-order valence-corrected chi connectivity index (χ2v) is 4.24. The third kappa shape index (κ3) is 1.24. The first kappa shape index (κ1) is 8.81. The van der Waals surface area contributed by atoms with E-state index in [1.165, 1.54) is 10.9 Å². The zero-order valence-electron chi connectivity index (χ0n) is 8.34. The van der Waals surface area contributed by atoms with Gasteiger partial charge in [0.25, 0.3) is 0 Å². The molecule has 0 amide bonds. The first-order valence-electron chi connectivity index (χ1n) is 4.92. The van der Waals surface area contributed by atoms with Crippen molar-refractivity contribution < 1.29 is 0 Å². The molecule has 15 heavy (non-hydrogen) atoms. The zero-order chi connectivity index (χ0) is 10.4. The number of aryl methyl sites for hydroxylation is 1. The fourth-order valence-electron chi connectivity index (χ4n) is 2.03. The number of H-pyrrole nitrogens is 1. The molecule has 1 N–H and O–H groups in total. The molecule has 0 aliphatic rings. The van der Waals surface area contributed by atoms with Crippen molar-refractivity contribution in [3.63, 3.8) is 0 Å². The van der Waals surface area contributed by atoms with Crippen LogP contribution in [0.3, 0.4) is 0 Å². The van der Waals surface area contributed by atoms with E-state index in [4.69, 9.17) is 11.6 Å². The van der Waals surface area contributed by atoms with Crippen LogP contribution in [0.15, 0.2) is 36.4 Å². The number of aromatic nitrogens is 1. The average Bonchev–Trinajstić information content (AvgIpc) is 2.56. The van der Waals surface area contributed by atoms with Gasteiger partial charge < -0.3 is 4.98 Å². The predicted molar refractivity (Wildman–Crippen MR) is 65.6 cm³/mol. The van der Waals surface area contributed by atoms with E-state index in [1.807, 2.05) is 12.1 Å². The van der Waals surface area contributed by atoms with E-state index in [0.717, 1.165) is 21.4 Å². The minimum Gasteiger partial charge on any atom is -0.354 e. The molecule has 0 unspecified atom stereocenters. The molecular formula is C13H10ClN. The van der Waals surface area contributed by atoms with Crippen molar-refractivity contribution >= 4 is 33.4 Å². The van der Waals surface area contributed by atoms with Crippen molar-refractivity contribution in [2.24, 2.45) is 0 Å². The van der Waals surface area contributed by atoms with E-state index in [9.17, 15) is 0 Å². The van der Waals surface area contributed by atoms with Gasteiger partial charge in [-0.2, -0.15) is 0 Å². The lowest BCUT2D eigenvalue weighted by Gasteiger charge is -1.94. The maximum atomic E-state index is 6.20. The van der Waals surface area contributed by atoms with Crippen molar-refractivity contribution in [1.29, 1.82) is 0 Å². The first-order valence-corrected chi connectivity index (χ1v) is 5.30. The predicted octanol–water partition coefficient (Wildman–Crippen LogP) is 4.28. The molecule has 0 bridgehead atoms. The van der Waals surface area contributed by atoms with Crippen LogP contribution >= 0.6 is 11.6 Å². The number of hydrogen-bond donors (Lipinski definition) is 1. The summed E-state index contributed by atoms with van der Waals surface area (Å²) in [5.41, 5.74) is 3.51. The van der Waals surface area contributed by atoms with Gasteiger partial charge >= 0.3 is 0 Å². The lowest BCUT2D eigenvalue weighted by atomic mass is 10.1. The van der Waals surface area contributed by atoms with Crippen molar-refractivity contribution in [3.8, 4) is 0 Å². The van der Waals surface area contributed by atoms with Crippen LogP contribution in [0.2, 0.25) is 5.02 Å². The number of nitrogens with one attached hydrogen (secondary N) is 1. The zero-order valence-corrected chi connectivity index (χ0v) is 9.10. The van der Waals surface area contributed by atoms with Gasteiger partial charge in [-0.3, -0.25) is 0 Å². The molecule has 0 saturated carbocycles. The molecule has 3 aromatic rings. The number of aromatic amines is 1. The number of rotatable bonds is 0. The molecule has 0 saturated heterocycles. The van der Waals surface area contributed by atoms with Gasteiger partial charge in [0, 0.05) is 21.8 Å². The Bertz CT molecular complexity index is 652. The Balaban J connectivity index is 2.59. The normalized spacial score (nSPS) is 11.3. The molecule has 2 heteroatoms. The van der Waals surface area contributed by atoms with Crippen LogP contribution in [-0.2, 0) is 0 Å². The first-order chi connectivity index (χ1) is 7.25. The third-order valence-corrected chi connectivity index (χ3v) is 3.04. The van der Waals surface area contributed by atoms with Crippen LogP contribution in [0.5, 0.6) is 0 Å². The summed E-state index contributed by atoms with van der Waals surface area (Å²) < 4.78 is 0. The minimum atomic E-state index is 0.808. The van der Waals surface area contributed by atoms with Gasteiger partial charge in [0.2, 0.25) is 0 Å². The Morgan fingerprint density at radius 3 is 2.80 bits per heavy atom. The molecular weight excluding hydrogens is 206 g/mol. The van der Waals surface area contributed by atoms with E-state index >= 15 is 0 Å². The van der Waals surface area contributed by atoms with Crippen LogP contribution in [0, 0.1) is 6.92 Å². The Morgan fingerprint density at radius 2 is 1.93 bits per heavy atom. The van der Waals surface area contributed by atoms with Crippen molar-refractivity contribution in [2.45, 2.75) is 6.92 Å². The Morgan fingerprint density at radius 1 is 1.07 bits per heavy atom. The molecule has 0 aliphatic heterocycles. The van der Waals surface area contributed by atoms with Crippen LogP contribution in [0.1, 0.15) is 5.56 Å². The summed E-state index contributed by atoms with van der Waals surface area (Å²) in [6, 6.07) is 12.3. The van der Waals surface area contributed by atoms with Crippen molar-refractivity contribution in [3.05, 3.63) is 47.0 Å². The standard InChI is InChI=1S/C13H10ClN/c1-8-5-6-9-12(7-8)15-11-4-2-3-10(14)13(9)11/h2-7,15H,1H3. The fraction of sp³-hybridized carbons (Fsp3) is 0.0769. The van der Waals surface area contributed by atoms with Crippen LogP contribution < -0.4 is 0 Å². The molecule has 1 aromatic heterocycles. The second kappa shape index (κ2) is 3.01. The number of benzene rings is 2. The highest BCUT2D eigenvalue weighted by atomic mass is 35.5. The highest BCUT2D eigenvalue weighted by Gasteiger charge is 2.06. The second-order valence-electron chi connectivity index (χ2n) is 3.84. The highest BCUT2D eigenvalue weighted by Crippen LogP contribution is 2.31. The summed E-state index contributed by atoms with van der Waals surface area (Å²) >= 11 is 6.20. The molecule has 0 radical (unpaired) electrons. The largest absolute Gasteiger partial charge is 0.354 e. The SMILES string of the molecule is Cc1ccc2c(c1)[nH]c1cccc(Cl)c12. The fourth-order valence-corrected chi connectivity index (χ4v) is 2.30. The van der Waals surface area contributed by atoms with Crippen LogP contribution in [0.25, 0.3) is 21.8 Å². The summed E-state index contributed by atoms with van der Waals surface area (Å²) in [6.45, 7) is 2.09. The van der Waals surface area contributed by atoms with Gasteiger partial charge in [0.05, 0.1) is 5.02 Å². The van der Waals surface area contributed by atoms with E-state index in [1.54, 1.807) is 0 Å². The monoisotopic (exact) mass is 215 g/mol. The molecule has 74 valence electrons. The highest BCUT2D eigenvalue weighted by molar-refractivity contribution is 6.37. The minimum absolute atomic E-state index is 0.808. The smallest absolute Gasteiger partial charge is 0.0506 e. The quantitative estimate of drug-likeness (QED) is 0.576. The number of fused-ring (bicyclic) bond motifs is 3. The summed E-state index contributed by atoms with van der Waals surface area (Å²) in [5, 5.41) is 3.12. The van der Waals surface area contributed by atoms with Gasteiger partial charge in [0.1, 0.15) is 0 Å². The summed E-state index contributed by atoms with van der Waals surface area (Å²) in [5.74, 6) is 0. The Kier molecular flexibility index (Phi) is 1.77. The topological polar surface area (TPSA) is 15.8 Å². The van der Waals surface area contributed by atoms with Gasteiger partial charge in [-0.25, -0.2) is 0 Å². The molecule has 1 heterocycles. The van der Waals surface area contributed by atoms with Gasteiger partial charge in [-0.15, -0.1) is 0 Å². The van der Waals surface area contributed by atoms with Gasteiger partial charge in [-0.05, 0) is 30.7 Å². The molecule has 0 spiro atoms. The number of hydrogen-bond acceptors (Lipinski definition) is 0. The third-order valence-electron chi connectivity index (χ3n) is 2.73. The van der Waals surface area contributed by atoms with Crippen molar-refractivity contribution in [2.75, 3.05) is 0 Å². The molecule has 2 aromatic carbocycles. The Labute approximate surface area is 92.7 Å². The number of halogens is 1. The van der Waals surface area contributed by atoms with Crippen molar-refractivity contribution in [1.82, 2.24) is 4.98 Å². The summed E-state index contributed by atoms with van der Waals surface area (Å²) in [4.78, 5) is 3.38. The van der Waals surface area contributed by atoms with Crippen LogP contribution in [0.4, 0.5) is 0 Å². The lowest BCUT2D eigenvalue weighted by molar-refractivity contribution is 1.47. The molecule has 3 rings (SSSR count).